The van der Waals surface area contributed by atoms with Crippen LogP contribution < -0.4 is 14.2 Å². The molecule has 0 bridgehead atoms. The Hall–Kier alpha value is -2.65. The summed E-state index contributed by atoms with van der Waals surface area (Å²) in [7, 11) is 0. The van der Waals surface area contributed by atoms with Gasteiger partial charge in [0.15, 0.2) is 0 Å². The summed E-state index contributed by atoms with van der Waals surface area (Å²) in [6.45, 7) is 3.57. The molecule has 210 valence electrons. The number of rotatable bonds is 14. The maximum absolute atomic E-state index is 12.5. The van der Waals surface area contributed by atoms with Gasteiger partial charge in [-0.1, -0.05) is 0 Å². The number of epoxide rings is 2. The first-order valence-electron chi connectivity index (χ1n) is 14.3. The Morgan fingerprint density at radius 3 is 1.62 bits per heavy atom. The molecule has 2 aromatic rings. The van der Waals surface area contributed by atoms with Crippen LogP contribution in [0.15, 0.2) is 48.5 Å². The van der Waals surface area contributed by atoms with E-state index in [9.17, 15) is 4.79 Å². The van der Waals surface area contributed by atoms with E-state index in [-0.39, 0.29) is 0 Å². The maximum Gasteiger partial charge on any atom is 0.343 e. The maximum atomic E-state index is 12.5. The molecule has 0 spiro atoms. The fraction of sp³-hybridized carbons (Fsp3) is 0.581. The average Bonchev–Trinajstić information content (AvgIpc) is 3.89. The molecule has 2 aliphatic heterocycles. The molecule has 2 aromatic carbocycles. The van der Waals surface area contributed by atoms with Crippen LogP contribution in [0.1, 0.15) is 48.9 Å². The lowest BCUT2D eigenvalue weighted by atomic mass is 9.90. The van der Waals surface area contributed by atoms with E-state index in [4.69, 9.17) is 33.2 Å². The second-order valence-electron chi connectivity index (χ2n) is 11.0. The van der Waals surface area contributed by atoms with Gasteiger partial charge in [0, 0.05) is 13.2 Å². The highest BCUT2D eigenvalue weighted by Gasteiger charge is 2.44. The summed E-state index contributed by atoms with van der Waals surface area (Å²) >= 11 is 0. The van der Waals surface area contributed by atoms with Crippen LogP contribution in [-0.2, 0) is 18.9 Å². The smallest absolute Gasteiger partial charge is 0.343 e. The van der Waals surface area contributed by atoms with Gasteiger partial charge in [-0.15, -0.1) is 0 Å². The van der Waals surface area contributed by atoms with E-state index >= 15 is 0 Å². The Morgan fingerprint density at radius 1 is 0.615 bits per heavy atom. The van der Waals surface area contributed by atoms with E-state index in [1.165, 1.54) is 19.3 Å². The molecule has 8 nitrogen and oxygen atoms in total. The minimum absolute atomic E-state index is 0.424. The monoisotopic (exact) mass is 538 g/mol. The molecule has 0 N–H and O–H groups in total. The van der Waals surface area contributed by atoms with Gasteiger partial charge in [0.25, 0.3) is 0 Å². The quantitative estimate of drug-likeness (QED) is 0.146. The second kappa shape index (κ2) is 12.7. The average molecular weight is 539 g/mol. The first-order valence-corrected chi connectivity index (χ1v) is 14.3. The molecule has 6 unspecified atom stereocenters. The largest absolute Gasteiger partial charge is 0.491 e. The third kappa shape index (κ3) is 7.72. The Bertz CT molecular complexity index is 1070. The van der Waals surface area contributed by atoms with Crippen LogP contribution in [0.25, 0.3) is 0 Å². The molecule has 2 saturated heterocycles. The van der Waals surface area contributed by atoms with Gasteiger partial charge in [0.2, 0.25) is 0 Å². The van der Waals surface area contributed by atoms with Gasteiger partial charge < -0.3 is 33.2 Å². The zero-order valence-corrected chi connectivity index (χ0v) is 22.3. The van der Waals surface area contributed by atoms with Crippen molar-refractivity contribution in [2.45, 2.75) is 62.9 Å². The van der Waals surface area contributed by atoms with Crippen molar-refractivity contribution in [1.29, 1.82) is 0 Å². The Labute approximate surface area is 229 Å². The minimum Gasteiger partial charge on any atom is -0.491 e. The Kier molecular flexibility index (Phi) is 8.64. The van der Waals surface area contributed by atoms with Crippen LogP contribution >= 0.6 is 0 Å². The van der Waals surface area contributed by atoms with Crippen molar-refractivity contribution in [2.24, 2.45) is 11.8 Å². The topological polar surface area (TPSA) is 88.3 Å². The Balaban J connectivity index is 0.837. The molecular formula is C31H38O8. The summed E-state index contributed by atoms with van der Waals surface area (Å²) in [5.74, 6) is 2.63. The van der Waals surface area contributed by atoms with Crippen molar-refractivity contribution in [3.63, 3.8) is 0 Å². The van der Waals surface area contributed by atoms with Gasteiger partial charge >= 0.3 is 5.97 Å². The van der Waals surface area contributed by atoms with Crippen LogP contribution in [-0.4, -0.2) is 70.0 Å². The molecule has 39 heavy (non-hydrogen) atoms. The summed E-state index contributed by atoms with van der Waals surface area (Å²) in [5, 5.41) is 0. The molecule has 2 aliphatic carbocycles. The van der Waals surface area contributed by atoms with Crippen molar-refractivity contribution in [1.82, 2.24) is 0 Å². The van der Waals surface area contributed by atoms with Crippen molar-refractivity contribution < 1.29 is 38.0 Å². The predicted octanol–water partition coefficient (Wildman–Crippen LogP) is 4.83. The molecule has 8 heteroatoms. The number of hydrogen-bond acceptors (Lipinski definition) is 8. The first kappa shape index (κ1) is 26.6. The van der Waals surface area contributed by atoms with Gasteiger partial charge in [-0.25, -0.2) is 4.79 Å². The van der Waals surface area contributed by atoms with Crippen LogP contribution in [0, 0.1) is 11.8 Å². The molecule has 2 heterocycles. The predicted molar refractivity (Wildman–Crippen MR) is 142 cm³/mol. The number of fused-ring (bicyclic) bond motifs is 2. The van der Waals surface area contributed by atoms with Crippen molar-refractivity contribution in [3.8, 4) is 17.2 Å². The third-order valence-electron chi connectivity index (χ3n) is 8.05. The molecule has 2 saturated carbocycles. The van der Waals surface area contributed by atoms with Gasteiger partial charge in [-0.3, -0.25) is 0 Å². The van der Waals surface area contributed by atoms with Gasteiger partial charge in [0.05, 0.1) is 43.2 Å². The van der Waals surface area contributed by atoms with E-state index in [0.29, 0.717) is 85.5 Å². The summed E-state index contributed by atoms with van der Waals surface area (Å²) < 4.78 is 39.7. The standard InChI is InChI=1S/C31H38O8/c32-31(23-3-5-24(6-4-23)35-15-13-33-19-21-1-11-27-29(17-21)38-27)37-26-9-7-25(8-10-26)36-16-14-34-20-22-2-12-28-30(18-22)39-28/h3-10,21-22,27-30H,1-2,11-20H2. The fourth-order valence-corrected chi connectivity index (χ4v) is 5.67. The van der Waals surface area contributed by atoms with Gasteiger partial charge in [0.1, 0.15) is 30.5 Å². The zero-order chi connectivity index (χ0) is 26.4. The van der Waals surface area contributed by atoms with Crippen LogP contribution in [0.3, 0.4) is 0 Å². The van der Waals surface area contributed by atoms with Crippen molar-refractivity contribution in [3.05, 3.63) is 54.1 Å². The summed E-state index contributed by atoms with van der Waals surface area (Å²) in [5.41, 5.74) is 0.454. The second-order valence-corrected chi connectivity index (χ2v) is 11.0. The molecule has 6 atom stereocenters. The highest BCUT2D eigenvalue weighted by molar-refractivity contribution is 5.91. The van der Waals surface area contributed by atoms with Crippen LogP contribution in [0.4, 0.5) is 0 Å². The van der Waals surface area contributed by atoms with E-state index < -0.39 is 5.97 Å². The molecule has 0 amide bonds. The molecule has 6 rings (SSSR count). The lowest BCUT2D eigenvalue weighted by Gasteiger charge is -2.18. The summed E-state index contributed by atoms with van der Waals surface area (Å²) in [6.07, 6.45) is 8.97. The van der Waals surface area contributed by atoms with E-state index in [1.807, 2.05) is 0 Å². The lowest BCUT2D eigenvalue weighted by molar-refractivity contribution is 0.0655. The molecule has 4 fully saturated rings. The number of carbonyl (C=O) groups is 1. The van der Waals surface area contributed by atoms with Crippen molar-refractivity contribution in [2.75, 3.05) is 39.6 Å². The number of hydrogen-bond donors (Lipinski definition) is 0. The van der Waals surface area contributed by atoms with Crippen LogP contribution in [0.2, 0.25) is 0 Å². The number of ether oxygens (including phenoxy) is 7. The van der Waals surface area contributed by atoms with Crippen LogP contribution in [0.5, 0.6) is 17.2 Å². The molecular weight excluding hydrogens is 500 g/mol. The number of carbonyl (C=O) groups excluding carboxylic acids is 1. The molecule has 4 aliphatic rings. The molecule has 0 radical (unpaired) electrons. The highest BCUT2D eigenvalue weighted by Crippen LogP contribution is 2.40. The van der Waals surface area contributed by atoms with Gasteiger partial charge in [-0.2, -0.15) is 0 Å². The van der Waals surface area contributed by atoms with Gasteiger partial charge in [-0.05, 0) is 98.9 Å². The SMILES string of the molecule is O=C(Oc1ccc(OCCOCC2CCC3OC3C2)cc1)c1ccc(OCCOCC2CCC3OC3C2)cc1. The highest BCUT2D eigenvalue weighted by atomic mass is 16.6. The van der Waals surface area contributed by atoms with E-state index in [2.05, 4.69) is 0 Å². The minimum atomic E-state index is -0.424. The molecule has 0 aromatic heterocycles. The first-order chi connectivity index (χ1) is 19.2. The van der Waals surface area contributed by atoms with E-state index in [0.717, 1.165) is 32.5 Å². The fourth-order valence-electron chi connectivity index (χ4n) is 5.67. The van der Waals surface area contributed by atoms with Crippen molar-refractivity contribution >= 4 is 5.97 Å². The summed E-state index contributed by atoms with van der Waals surface area (Å²) in [6, 6.07) is 14.0. The third-order valence-corrected chi connectivity index (χ3v) is 8.05. The Morgan fingerprint density at radius 2 is 1.10 bits per heavy atom. The normalized spacial score (nSPS) is 28.6. The lowest BCUT2D eigenvalue weighted by Crippen LogP contribution is -2.20. The zero-order valence-electron chi connectivity index (χ0n) is 22.3. The summed E-state index contributed by atoms with van der Waals surface area (Å²) in [4.78, 5) is 12.5. The number of benzene rings is 2. The van der Waals surface area contributed by atoms with E-state index in [1.54, 1.807) is 48.5 Å². The number of esters is 1.